The highest BCUT2D eigenvalue weighted by atomic mass is 32.2. The van der Waals surface area contributed by atoms with Crippen LogP contribution in [0.4, 0.5) is 29.1 Å². The van der Waals surface area contributed by atoms with Gasteiger partial charge < -0.3 is 16.4 Å². The fraction of sp³-hybridized carbons (Fsp3) is 0.0455. The van der Waals surface area contributed by atoms with Crippen LogP contribution in [-0.2, 0) is 10.0 Å². The van der Waals surface area contributed by atoms with E-state index < -0.39 is 15.9 Å². The van der Waals surface area contributed by atoms with Crippen LogP contribution in [0.5, 0.6) is 0 Å². The van der Waals surface area contributed by atoms with Gasteiger partial charge in [-0.1, -0.05) is 12.1 Å². The summed E-state index contributed by atoms with van der Waals surface area (Å²) in [6.07, 6.45) is 4.19. The van der Waals surface area contributed by atoms with E-state index in [4.69, 9.17) is 5.73 Å². The molecule has 0 saturated carbocycles. The van der Waals surface area contributed by atoms with Crippen LogP contribution >= 0.6 is 0 Å². The molecular formula is C22H20N8O3S. The van der Waals surface area contributed by atoms with E-state index in [1.807, 2.05) is 31.2 Å². The molecule has 12 heteroatoms. The number of rotatable bonds is 8. The van der Waals surface area contributed by atoms with E-state index in [2.05, 4.69) is 35.3 Å². The molecule has 172 valence electrons. The maximum absolute atomic E-state index is 12.5. The van der Waals surface area contributed by atoms with Crippen LogP contribution in [0.1, 0.15) is 15.9 Å². The van der Waals surface area contributed by atoms with Crippen LogP contribution in [0, 0.1) is 6.92 Å². The predicted octanol–water partition coefficient (Wildman–Crippen LogP) is 2.96. The van der Waals surface area contributed by atoms with Gasteiger partial charge in [-0.05, 0) is 55.0 Å². The molecule has 0 radical (unpaired) electrons. The molecule has 0 aliphatic heterocycles. The molecule has 0 bridgehead atoms. The van der Waals surface area contributed by atoms with E-state index in [0.717, 1.165) is 11.3 Å². The average Bonchev–Trinajstić information content (AvgIpc) is 2.80. The summed E-state index contributed by atoms with van der Waals surface area (Å²) >= 11 is 0. The van der Waals surface area contributed by atoms with Crippen molar-refractivity contribution in [2.75, 3.05) is 15.4 Å². The normalized spacial score (nSPS) is 11.0. The Morgan fingerprint density at radius 3 is 2.29 bits per heavy atom. The first kappa shape index (κ1) is 22.6. The second-order valence-corrected chi connectivity index (χ2v) is 8.82. The Labute approximate surface area is 195 Å². The summed E-state index contributed by atoms with van der Waals surface area (Å²) in [7, 11) is -3.86. The second kappa shape index (κ2) is 9.50. The number of aromatic nitrogens is 4. The number of primary amides is 1. The number of nitrogens with one attached hydrogen (secondary N) is 3. The van der Waals surface area contributed by atoms with E-state index in [1.54, 1.807) is 18.2 Å². The zero-order valence-corrected chi connectivity index (χ0v) is 18.7. The van der Waals surface area contributed by atoms with E-state index in [-0.39, 0.29) is 28.2 Å². The zero-order chi connectivity index (χ0) is 24.1. The summed E-state index contributed by atoms with van der Waals surface area (Å²) < 4.78 is 27.4. The number of carbonyl (C=O) groups is 1. The molecule has 4 aromatic rings. The number of anilines is 5. The molecule has 4 rings (SSSR count). The van der Waals surface area contributed by atoms with E-state index in [9.17, 15) is 13.2 Å². The third-order valence-corrected chi connectivity index (χ3v) is 5.89. The molecule has 0 saturated heterocycles. The van der Waals surface area contributed by atoms with E-state index >= 15 is 0 Å². The Morgan fingerprint density at radius 1 is 0.882 bits per heavy atom. The van der Waals surface area contributed by atoms with Gasteiger partial charge in [-0.25, -0.2) is 28.1 Å². The second-order valence-electron chi connectivity index (χ2n) is 7.14. The average molecular weight is 477 g/mol. The van der Waals surface area contributed by atoms with Gasteiger partial charge >= 0.3 is 0 Å². The maximum Gasteiger partial charge on any atom is 0.264 e. The molecular weight excluding hydrogens is 456 g/mol. The summed E-state index contributed by atoms with van der Waals surface area (Å²) in [5.41, 5.74) is 7.88. The summed E-state index contributed by atoms with van der Waals surface area (Å²) in [6, 6.07) is 15.1. The van der Waals surface area contributed by atoms with Crippen molar-refractivity contribution in [2.45, 2.75) is 11.8 Å². The van der Waals surface area contributed by atoms with Crippen LogP contribution in [0.2, 0.25) is 0 Å². The van der Waals surface area contributed by atoms with Crippen molar-refractivity contribution in [3.05, 3.63) is 84.3 Å². The Hall–Kier alpha value is -4.58. The summed E-state index contributed by atoms with van der Waals surface area (Å²) in [5.74, 6) is -0.277. The molecule has 0 atom stereocenters. The fourth-order valence-electron chi connectivity index (χ4n) is 2.95. The number of carbonyl (C=O) groups excluding carboxylic acids is 1. The molecule has 2 aromatic heterocycles. The highest BCUT2D eigenvalue weighted by Gasteiger charge is 2.16. The van der Waals surface area contributed by atoms with Crippen molar-refractivity contribution in [3.63, 3.8) is 0 Å². The molecule has 34 heavy (non-hydrogen) atoms. The monoisotopic (exact) mass is 476 g/mol. The Morgan fingerprint density at radius 2 is 1.62 bits per heavy atom. The fourth-order valence-corrected chi connectivity index (χ4v) is 3.91. The van der Waals surface area contributed by atoms with Crippen molar-refractivity contribution in [1.29, 1.82) is 0 Å². The van der Waals surface area contributed by atoms with Crippen molar-refractivity contribution in [3.8, 4) is 0 Å². The largest absolute Gasteiger partial charge is 0.365 e. The van der Waals surface area contributed by atoms with Gasteiger partial charge in [-0.15, -0.1) is 0 Å². The molecule has 0 fully saturated rings. The Balaban J connectivity index is 1.53. The topological polar surface area (TPSA) is 165 Å². The summed E-state index contributed by atoms with van der Waals surface area (Å²) in [6.45, 7) is 1.94. The quantitative estimate of drug-likeness (QED) is 0.299. The number of sulfonamides is 1. The number of nitrogens with two attached hydrogens (primary N) is 1. The van der Waals surface area contributed by atoms with Crippen molar-refractivity contribution in [1.82, 2.24) is 19.9 Å². The lowest BCUT2D eigenvalue weighted by atomic mass is 10.2. The van der Waals surface area contributed by atoms with Crippen molar-refractivity contribution >= 4 is 45.0 Å². The Bertz CT molecular complexity index is 1430. The van der Waals surface area contributed by atoms with Gasteiger partial charge in [0.1, 0.15) is 11.4 Å². The number of nitrogens with zero attached hydrogens (tertiary/aromatic N) is 4. The van der Waals surface area contributed by atoms with Crippen molar-refractivity contribution in [2.24, 2.45) is 5.73 Å². The summed E-state index contributed by atoms with van der Waals surface area (Å²) in [4.78, 5) is 28.1. The van der Waals surface area contributed by atoms with Crippen molar-refractivity contribution < 1.29 is 13.2 Å². The van der Waals surface area contributed by atoms with Gasteiger partial charge in [0.25, 0.3) is 15.9 Å². The minimum Gasteiger partial charge on any atom is -0.365 e. The molecule has 1 amide bonds. The number of hydrogen-bond acceptors (Lipinski definition) is 9. The maximum atomic E-state index is 12.5. The molecule has 0 aliphatic rings. The van der Waals surface area contributed by atoms with Gasteiger partial charge in [-0.3, -0.25) is 4.79 Å². The molecule has 0 unspecified atom stereocenters. The predicted molar refractivity (Wildman–Crippen MR) is 128 cm³/mol. The highest BCUT2D eigenvalue weighted by molar-refractivity contribution is 7.92. The number of aryl methyl sites for hydroxylation is 1. The van der Waals surface area contributed by atoms with E-state index in [0.29, 0.717) is 5.69 Å². The minimum absolute atomic E-state index is 0.0253. The number of benzene rings is 2. The molecule has 2 heterocycles. The molecule has 11 nitrogen and oxygen atoms in total. The SMILES string of the molecule is Cc1cccc(Nc2nc(Nc3ccc(S(=O)(=O)Nc4ncccn4)cc3)ncc2C(N)=O)c1. The first-order chi connectivity index (χ1) is 16.3. The van der Waals surface area contributed by atoms with Crippen LogP contribution in [-0.4, -0.2) is 34.3 Å². The molecule has 5 N–H and O–H groups in total. The highest BCUT2D eigenvalue weighted by Crippen LogP contribution is 2.23. The first-order valence-electron chi connectivity index (χ1n) is 9.98. The Kier molecular flexibility index (Phi) is 6.32. The van der Waals surface area contributed by atoms with Gasteiger partial charge in [0.05, 0.1) is 4.90 Å². The minimum atomic E-state index is -3.86. The first-order valence-corrected chi connectivity index (χ1v) is 11.5. The number of amides is 1. The molecule has 2 aromatic carbocycles. The lowest BCUT2D eigenvalue weighted by Crippen LogP contribution is -2.16. The molecule has 0 spiro atoms. The zero-order valence-electron chi connectivity index (χ0n) is 17.9. The smallest absolute Gasteiger partial charge is 0.264 e. The lowest BCUT2D eigenvalue weighted by molar-refractivity contribution is 0.100. The van der Waals surface area contributed by atoms with Gasteiger partial charge in [0.15, 0.2) is 0 Å². The van der Waals surface area contributed by atoms with Gasteiger partial charge in [0.2, 0.25) is 11.9 Å². The van der Waals surface area contributed by atoms with Gasteiger partial charge in [-0.2, -0.15) is 4.98 Å². The standard InChI is InChI=1S/C22H20N8O3S/c1-14-4-2-5-16(12-14)27-20-18(19(23)31)13-26-22(29-20)28-15-6-8-17(9-7-15)34(32,33)30-21-24-10-3-11-25-21/h2-13H,1H3,(H2,23,31)(H,24,25,30)(H2,26,27,28,29). The van der Waals surface area contributed by atoms with Crippen LogP contribution in [0.25, 0.3) is 0 Å². The van der Waals surface area contributed by atoms with E-state index in [1.165, 1.54) is 30.7 Å². The van der Waals surface area contributed by atoms with Crippen LogP contribution in [0.3, 0.4) is 0 Å². The third kappa shape index (κ3) is 5.42. The number of hydrogen-bond donors (Lipinski definition) is 4. The molecule has 0 aliphatic carbocycles. The lowest BCUT2D eigenvalue weighted by Gasteiger charge is -2.12. The third-order valence-electron chi connectivity index (χ3n) is 4.55. The van der Waals surface area contributed by atoms with Crippen LogP contribution in [0.15, 0.2) is 78.1 Å². The van der Waals surface area contributed by atoms with Gasteiger partial charge in [0, 0.05) is 30.0 Å². The summed E-state index contributed by atoms with van der Waals surface area (Å²) in [5, 5.41) is 6.06. The van der Waals surface area contributed by atoms with Crippen LogP contribution < -0.4 is 21.1 Å².